The monoisotopic (exact) mass is 438 g/mol. The van der Waals surface area contributed by atoms with Gasteiger partial charge < -0.3 is 14.8 Å². The molecule has 33 heavy (non-hydrogen) atoms. The highest BCUT2D eigenvalue weighted by molar-refractivity contribution is 5.91. The second kappa shape index (κ2) is 9.79. The van der Waals surface area contributed by atoms with Gasteiger partial charge >= 0.3 is 5.97 Å². The van der Waals surface area contributed by atoms with Crippen molar-refractivity contribution in [2.75, 3.05) is 11.9 Å². The van der Waals surface area contributed by atoms with Crippen LogP contribution in [0.15, 0.2) is 61.1 Å². The number of ether oxygens (including phenoxy) is 2. The van der Waals surface area contributed by atoms with E-state index in [2.05, 4.69) is 32.1 Å². The third kappa shape index (κ3) is 5.63. The number of hydrogen-bond acceptors (Lipinski definition) is 7. The molecule has 0 aliphatic carbocycles. The van der Waals surface area contributed by atoms with E-state index in [0.29, 0.717) is 11.6 Å². The van der Waals surface area contributed by atoms with Crippen molar-refractivity contribution in [3.8, 4) is 23.3 Å². The van der Waals surface area contributed by atoms with Crippen LogP contribution in [-0.4, -0.2) is 27.5 Å². The maximum absolute atomic E-state index is 10.9. The highest BCUT2D eigenvalue weighted by Gasteiger charge is 2.08. The van der Waals surface area contributed by atoms with Crippen molar-refractivity contribution < 1.29 is 14.3 Å². The van der Waals surface area contributed by atoms with Gasteiger partial charge in [-0.1, -0.05) is 11.8 Å². The minimum atomic E-state index is -0.357. The summed E-state index contributed by atoms with van der Waals surface area (Å²) in [7, 11) is 0. The fraction of sp³-hybridized carbons (Fsp3) is 0.154. The molecule has 0 bridgehead atoms. The Morgan fingerprint density at radius 2 is 1.91 bits per heavy atom. The number of aryl methyl sites for hydroxylation is 2. The standard InChI is InChI=1S/C26H22N4O3/c1-17-13-21(8-11-25(17)33-22-9-6-18(2)27-15-22)30-26-23-14-20(5-4-12-32-19(3)31)7-10-24(23)28-16-29-26/h6-11,13-16H,12H2,1-3H3,(H,28,29,30). The van der Waals surface area contributed by atoms with Gasteiger partial charge in [-0.3, -0.25) is 9.78 Å². The molecule has 0 atom stereocenters. The number of esters is 1. The molecule has 0 spiro atoms. The Morgan fingerprint density at radius 1 is 1.03 bits per heavy atom. The number of carbonyl (C=O) groups is 1. The average molecular weight is 438 g/mol. The van der Waals surface area contributed by atoms with Crippen molar-refractivity contribution in [3.63, 3.8) is 0 Å². The summed E-state index contributed by atoms with van der Waals surface area (Å²) in [5.41, 5.74) is 4.35. The minimum Gasteiger partial charge on any atom is -0.455 e. The normalized spacial score (nSPS) is 10.3. The predicted molar refractivity (Wildman–Crippen MR) is 127 cm³/mol. The van der Waals surface area contributed by atoms with Crippen molar-refractivity contribution in [1.82, 2.24) is 15.0 Å². The Kier molecular flexibility index (Phi) is 6.46. The quantitative estimate of drug-likeness (QED) is 0.343. The molecule has 4 aromatic rings. The molecule has 0 fully saturated rings. The molecule has 164 valence electrons. The summed E-state index contributed by atoms with van der Waals surface area (Å²) in [6.07, 6.45) is 3.23. The topological polar surface area (TPSA) is 86.2 Å². The first-order valence-electron chi connectivity index (χ1n) is 10.3. The van der Waals surface area contributed by atoms with E-state index in [1.165, 1.54) is 13.3 Å². The van der Waals surface area contributed by atoms with E-state index in [1.807, 2.05) is 62.4 Å². The maximum atomic E-state index is 10.9. The van der Waals surface area contributed by atoms with Gasteiger partial charge in [0.2, 0.25) is 0 Å². The van der Waals surface area contributed by atoms with Crippen LogP contribution in [-0.2, 0) is 9.53 Å². The number of nitrogens with one attached hydrogen (secondary N) is 1. The summed E-state index contributed by atoms with van der Waals surface area (Å²) in [6, 6.07) is 15.3. The van der Waals surface area contributed by atoms with Crippen LogP contribution in [0.25, 0.3) is 10.9 Å². The molecule has 0 aliphatic heterocycles. The SMILES string of the molecule is CC(=O)OCC#Cc1ccc2ncnc(Nc3ccc(Oc4ccc(C)nc4)c(C)c3)c2c1. The van der Waals surface area contributed by atoms with Gasteiger partial charge in [-0.25, -0.2) is 9.97 Å². The lowest BCUT2D eigenvalue weighted by molar-refractivity contribution is -0.139. The zero-order valence-electron chi connectivity index (χ0n) is 18.5. The first-order valence-corrected chi connectivity index (χ1v) is 10.3. The molecule has 0 unspecified atom stereocenters. The molecule has 7 heteroatoms. The van der Waals surface area contributed by atoms with Gasteiger partial charge in [0.15, 0.2) is 6.61 Å². The van der Waals surface area contributed by atoms with Crippen molar-refractivity contribution in [1.29, 1.82) is 0 Å². The van der Waals surface area contributed by atoms with Crippen LogP contribution < -0.4 is 10.1 Å². The molecule has 2 aromatic heterocycles. The molecule has 0 aliphatic rings. The number of pyridine rings is 1. The highest BCUT2D eigenvalue weighted by atomic mass is 16.5. The third-order valence-corrected chi connectivity index (χ3v) is 4.77. The van der Waals surface area contributed by atoms with Crippen molar-refractivity contribution in [3.05, 3.63) is 77.9 Å². The first kappa shape index (κ1) is 21.8. The van der Waals surface area contributed by atoms with E-state index < -0.39 is 0 Å². The number of benzene rings is 2. The fourth-order valence-electron chi connectivity index (χ4n) is 3.13. The Bertz CT molecular complexity index is 1370. The van der Waals surface area contributed by atoms with E-state index in [1.54, 1.807) is 6.20 Å². The lowest BCUT2D eigenvalue weighted by atomic mass is 10.1. The van der Waals surface area contributed by atoms with Crippen LogP contribution in [0.2, 0.25) is 0 Å². The third-order valence-electron chi connectivity index (χ3n) is 4.77. The summed E-state index contributed by atoms with van der Waals surface area (Å²) >= 11 is 0. The Labute approximate surface area is 191 Å². The fourth-order valence-corrected chi connectivity index (χ4v) is 3.13. The molecular formula is C26H22N4O3. The molecule has 0 saturated heterocycles. The molecule has 0 amide bonds. The number of fused-ring (bicyclic) bond motifs is 1. The highest BCUT2D eigenvalue weighted by Crippen LogP contribution is 2.29. The molecule has 1 N–H and O–H groups in total. The van der Waals surface area contributed by atoms with Crippen LogP contribution in [0.1, 0.15) is 23.7 Å². The molecule has 0 radical (unpaired) electrons. The molecular weight excluding hydrogens is 416 g/mol. The van der Waals surface area contributed by atoms with Gasteiger partial charge in [-0.15, -0.1) is 0 Å². The van der Waals surface area contributed by atoms with E-state index in [-0.39, 0.29) is 12.6 Å². The van der Waals surface area contributed by atoms with Crippen LogP contribution >= 0.6 is 0 Å². The van der Waals surface area contributed by atoms with Crippen molar-refractivity contribution >= 4 is 28.4 Å². The molecule has 2 heterocycles. The summed E-state index contributed by atoms with van der Waals surface area (Å²) < 4.78 is 10.8. The van der Waals surface area contributed by atoms with Crippen LogP contribution in [0.5, 0.6) is 11.5 Å². The number of hydrogen-bond donors (Lipinski definition) is 1. The predicted octanol–water partition coefficient (Wildman–Crippen LogP) is 5.09. The van der Waals surface area contributed by atoms with E-state index in [9.17, 15) is 4.79 Å². The summed E-state index contributed by atoms with van der Waals surface area (Å²) in [6.45, 7) is 5.32. The lowest BCUT2D eigenvalue weighted by Gasteiger charge is -2.12. The number of rotatable bonds is 5. The van der Waals surface area contributed by atoms with Gasteiger partial charge in [0.05, 0.1) is 11.7 Å². The number of carbonyl (C=O) groups excluding carboxylic acids is 1. The van der Waals surface area contributed by atoms with E-state index in [0.717, 1.165) is 39.2 Å². The summed E-state index contributed by atoms with van der Waals surface area (Å²) in [5, 5.41) is 4.19. The zero-order chi connectivity index (χ0) is 23.2. The summed E-state index contributed by atoms with van der Waals surface area (Å²) in [5.74, 6) is 7.58. The smallest absolute Gasteiger partial charge is 0.303 e. The molecule has 7 nitrogen and oxygen atoms in total. The molecule has 2 aromatic carbocycles. The van der Waals surface area contributed by atoms with Crippen molar-refractivity contribution in [2.24, 2.45) is 0 Å². The second-order valence-electron chi connectivity index (χ2n) is 7.38. The molecule has 0 saturated carbocycles. The van der Waals surface area contributed by atoms with E-state index in [4.69, 9.17) is 9.47 Å². The minimum absolute atomic E-state index is 0.0517. The molecule has 4 rings (SSSR count). The van der Waals surface area contributed by atoms with Gasteiger partial charge in [-0.05, 0) is 67.9 Å². The lowest BCUT2D eigenvalue weighted by Crippen LogP contribution is -1.98. The van der Waals surface area contributed by atoms with Gasteiger partial charge in [-0.2, -0.15) is 0 Å². The number of anilines is 2. The van der Waals surface area contributed by atoms with Crippen molar-refractivity contribution in [2.45, 2.75) is 20.8 Å². The Morgan fingerprint density at radius 3 is 2.67 bits per heavy atom. The average Bonchev–Trinajstić information content (AvgIpc) is 2.80. The van der Waals surface area contributed by atoms with Gasteiger partial charge in [0, 0.05) is 29.3 Å². The maximum Gasteiger partial charge on any atom is 0.303 e. The van der Waals surface area contributed by atoms with Crippen LogP contribution in [0, 0.1) is 25.7 Å². The Hall–Kier alpha value is -4.44. The Balaban J connectivity index is 1.55. The van der Waals surface area contributed by atoms with Gasteiger partial charge in [0.25, 0.3) is 0 Å². The number of aromatic nitrogens is 3. The first-order chi connectivity index (χ1) is 16.0. The van der Waals surface area contributed by atoms with Crippen LogP contribution in [0.4, 0.5) is 11.5 Å². The summed E-state index contributed by atoms with van der Waals surface area (Å²) in [4.78, 5) is 23.9. The number of nitrogens with zero attached hydrogens (tertiary/aromatic N) is 3. The second-order valence-corrected chi connectivity index (χ2v) is 7.38. The van der Waals surface area contributed by atoms with Gasteiger partial charge in [0.1, 0.15) is 23.6 Å². The zero-order valence-corrected chi connectivity index (χ0v) is 18.5. The largest absolute Gasteiger partial charge is 0.455 e. The van der Waals surface area contributed by atoms with E-state index >= 15 is 0 Å². The van der Waals surface area contributed by atoms with Crippen LogP contribution in [0.3, 0.4) is 0 Å².